The summed E-state index contributed by atoms with van der Waals surface area (Å²) in [6, 6.07) is 0. The van der Waals surface area contributed by atoms with Crippen molar-refractivity contribution in [3.8, 4) is 0 Å². The van der Waals surface area contributed by atoms with Crippen molar-refractivity contribution in [3.63, 3.8) is 0 Å². The summed E-state index contributed by atoms with van der Waals surface area (Å²) in [5, 5.41) is 0. The number of unbranched alkanes of at least 4 members (excludes halogenated alkanes) is 18. The van der Waals surface area contributed by atoms with Gasteiger partial charge in [-0.2, -0.15) is 0 Å². The summed E-state index contributed by atoms with van der Waals surface area (Å²) in [7, 11) is 0. The summed E-state index contributed by atoms with van der Waals surface area (Å²) < 4.78 is 17.1. The third-order valence-electron chi connectivity index (χ3n) is 9.04. The predicted octanol–water partition coefficient (Wildman–Crippen LogP) is 14.2. The van der Waals surface area contributed by atoms with Crippen molar-refractivity contribution in [3.05, 3.63) is 60.8 Å². The Labute approximate surface area is 322 Å². The molecule has 0 saturated heterocycles. The summed E-state index contributed by atoms with van der Waals surface area (Å²) in [5.74, 6) is -0.429. The highest BCUT2D eigenvalue weighted by molar-refractivity contribution is 5.70. The predicted molar refractivity (Wildman–Crippen MR) is 224 cm³/mol. The average Bonchev–Trinajstić information content (AvgIpc) is 3.14. The Bertz CT molecular complexity index is 915. The first-order chi connectivity index (χ1) is 25.6. The lowest BCUT2D eigenvalue weighted by molar-refractivity contribution is -0.163. The molecule has 0 aromatic rings. The fraction of sp³-hybridized carbons (Fsp3) is 0.745. The zero-order valence-corrected chi connectivity index (χ0v) is 34.3. The van der Waals surface area contributed by atoms with Crippen LogP contribution in [0.4, 0.5) is 0 Å². The van der Waals surface area contributed by atoms with Crippen LogP contribution in [0, 0.1) is 0 Å². The molecule has 0 radical (unpaired) electrons. The molecule has 0 aliphatic heterocycles. The number of hydrogen-bond acceptors (Lipinski definition) is 5. The highest BCUT2D eigenvalue weighted by Gasteiger charge is 2.17. The number of hydrogen-bond donors (Lipinski definition) is 0. The number of allylic oxidation sites excluding steroid dienone is 10. The highest BCUT2D eigenvalue weighted by atomic mass is 16.6. The summed E-state index contributed by atoms with van der Waals surface area (Å²) >= 11 is 0. The minimum Gasteiger partial charge on any atom is -0.462 e. The molecule has 0 aliphatic carbocycles. The zero-order chi connectivity index (χ0) is 37.8. The van der Waals surface area contributed by atoms with Crippen LogP contribution in [0.15, 0.2) is 60.8 Å². The maximum Gasteiger partial charge on any atom is 0.306 e. The van der Waals surface area contributed by atoms with Gasteiger partial charge in [0.15, 0.2) is 6.10 Å². The van der Waals surface area contributed by atoms with Gasteiger partial charge in [0.1, 0.15) is 6.61 Å². The second kappa shape index (κ2) is 43.0. The maximum absolute atomic E-state index is 12.5. The maximum atomic E-state index is 12.5. The fourth-order valence-electron chi connectivity index (χ4n) is 5.77. The first-order valence-corrected chi connectivity index (χ1v) is 21.8. The first kappa shape index (κ1) is 49.6. The van der Waals surface area contributed by atoms with E-state index >= 15 is 0 Å². The summed E-state index contributed by atoms with van der Waals surface area (Å²) in [6.07, 6.45) is 52.5. The van der Waals surface area contributed by atoms with E-state index in [-0.39, 0.29) is 25.2 Å². The van der Waals surface area contributed by atoms with Gasteiger partial charge in [-0.25, -0.2) is 0 Å². The normalized spacial score (nSPS) is 12.8. The molecule has 0 aromatic carbocycles. The third kappa shape index (κ3) is 40.4. The van der Waals surface area contributed by atoms with Crippen LogP contribution in [0.5, 0.6) is 0 Å². The number of ether oxygens (including phenoxy) is 3. The van der Waals surface area contributed by atoms with E-state index in [0.717, 1.165) is 83.5 Å². The van der Waals surface area contributed by atoms with Crippen molar-refractivity contribution in [1.29, 1.82) is 0 Å². The molecule has 0 saturated carbocycles. The Morgan fingerprint density at radius 1 is 0.442 bits per heavy atom. The second-order valence-corrected chi connectivity index (χ2v) is 14.2. The topological polar surface area (TPSA) is 61.8 Å². The molecule has 0 aromatic heterocycles. The molecular weight excluding hydrogens is 645 g/mol. The van der Waals surface area contributed by atoms with E-state index in [0.29, 0.717) is 19.4 Å². The highest BCUT2D eigenvalue weighted by Crippen LogP contribution is 2.12. The Hall–Kier alpha value is -2.40. The quantitative estimate of drug-likeness (QED) is 0.0358. The molecule has 0 bridgehead atoms. The molecule has 5 nitrogen and oxygen atoms in total. The van der Waals surface area contributed by atoms with Crippen molar-refractivity contribution >= 4 is 11.9 Å². The van der Waals surface area contributed by atoms with E-state index in [9.17, 15) is 9.59 Å². The van der Waals surface area contributed by atoms with Gasteiger partial charge in [-0.3, -0.25) is 9.59 Å². The summed E-state index contributed by atoms with van der Waals surface area (Å²) in [6.45, 7) is 7.57. The van der Waals surface area contributed by atoms with E-state index in [1.54, 1.807) is 0 Å². The van der Waals surface area contributed by atoms with Crippen LogP contribution in [0.25, 0.3) is 0 Å². The van der Waals surface area contributed by atoms with E-state index in [2.05, 4.69) is 81.5 Å². The zero-order valence-electron chi connectivity index (χ0n) is 34.3. The lowest BCUT2D eigenvalue weighted by atomic mass is 10.1. The smallest absolute Gasteiger partial charge is 0.306 e. The molecule has 5 heteroatoms. The van der Waals surface area contributed by atoms with Crippen molar-refractivity contribution in [2.45, 2.75) is 207 Å². The molecule has 52 heavy (non-hydrogen) atoms. The Morgan fingerprint density at radius 3 is 1.46 bits per heavy atom. The van der Waals surface area contributed by atoms with Crippen molar-refractivity contribution in [2.24, 2.45) is 0 Å². The molecule has 0 rings (SSSR count). The van der Waals surface area contributed by atoms with Gasteiger partial charge in [0.05, 0.1) is 6.61 Å². The van der Waals surface area contributed by atoms with E-state index in [1.807, 2.05) is 0 Å². The van der Waals surface area contributed by atoms with Crippen LogP contribution < -0.4 is 0 Å². The fourth-order valence-corrected chi connectivity index (χ4v) is 5.77. The van der Waals surface area contributed by atoms with Gasteiger partial charge >= 0.3 is 11.9 Å². The minimum absolute atomic E-state index is 0.0751. The van der Waals surface area contributed by atoms with Gasteiger partial charge in [0.2, 0.25) is 0 Å². The van der Waals surface area contributed by atoms with Crippen molar-refractivity contribution in [1.82, 2.24) is 0 Å². The molecule has 0 spiro atoms. The van der Waals surface area contributed by atoms with Crippen molar-refractivity contribution < 1.29 is 23.8 Å². The number of esters is 2. The number of carbonyl (C=O) groups is 2. The third-order valence-corrected chi connectivity index (χ3v) is 9.04. The molecule has 0 amide bonds. The number of carbonyl (C=O) groups excluding carboxylic acids is 2. The van der Waals surface area contributed by atoms with Crippen LogP contribution in [0.3, 0.4) is 0 Å². The Morgan fingerprint density at radius 2 is 0.885 bits per heavy atom. The van der Waals surface area contributed by atoms with Crippen LogP contribution in [-0.2, 0) is 23.8 Å². The van der Waals surface area contributed by atoms with E-state index in [1.165, 1.54) is 83.5 Å². The number of rotatable bonds is 39. The lowest BCUT2D eigenvalue weighted by Crippen LogP contribution is -2.30. The summed E-state index contributed by atoms with van der Waals surface area (Å²) in [4.78, 5) is 24.9. The Kier molecular flexibility index (Phi) is 41.0. The van der Waals surface area contributed by atoms with Gasteiger partial charge in [-0.1, -0.05) is 171 Å². The first-order valence-electron chi connectivity index (χ1n) is 21.8. The molecule has 0 heterocycles. The molecular formula is C47H82O5. The average molecular weight is 727 g/mol. The molecule has 1 unspecified atom stereocenters. The largest absolute Gasteiger partial charge is 0.462 e. The lowest BCUT2D eigenvalue weighted by Gasteiger charge is -2.18. The molecule has 0 fully saturated rings. The van der Waals surface area contributed by atoms with Crippen molar-refractivity contribution in [2.75, 3.05) is 19.8 Å². The standard InChI is InChI=1S/C47H82O5/c1-4-7-10-13-15-17-19-20-21-22-23-24-25-26-27-29-31-33-36-39-42-50-43-45(52-47(49)41-38-34-12-9-6-3)44-51-46(48)40-37-35-32-30-28-18-16-14-11-8-5-2/h7,10,14-17,20-21,23-24,45H,4-6,8-9,11-13,18-19,22,25-44H2,1-3H3/b10-7-,16-14-,17-15-,21-20-,24-23-. The van der Waals surface area contributed by atoms with E-state index < -0.39 is 6.10 Å². The molecule has 300 valence electrons. The second-order valence-electron chi connectivity index (χ2n) is 14.2. The van der Waals surface area contributed by atoms with Gasteiger partial charge in [0, 0.05) is 19.4 Å². The van der Waals surface area contributed by atoms with E-state index in [4.69, 9.17) is 14.2 Å². The van der Waals surface area contributed by atoms with Gasteiger partial charge in [-0.05, 0) is 77.0 Å². The SMILES string of the molecule is CC/C=C\C/C=C\C/C=C\C/C=C\CCCCCCCCCOCC(COC(=O)CCCCCCC/C=C\CCCC)OC(=O)CCCCCCC. The summed E-state index contributed by atoms with van der Waals surface area (Å²) in [5.41, 5.74) is 0. The van der Waals surface area contributed by atoms with Crippen LogP contribution >= 0.6 is 0 Å². The molecule has 0 N–H and O–H groups in total. The van der Waals surface area contributed by atoms with Gasteiger partial charge in [-0.15, -0.1) is 0 Å². The van der Waals surface area contributed by atoms with Crippen LogP contribution in [-0.4, -0.2) is 37.9 Å². The monoisotopic (exact) mass is 727 g/mol. The molecule has 0 aliphatic rings. The molecule has 1 atom stereocenters. The minimum atomic E-state index is -0.539. The van der Waals surface area contributed by atoms with Gasteiger partial charge in [0.25, 0.3) is 0 Å². The van der Waals surface area contributed by atoms with Crippen LogP contribution in [0.2, 0.25) is 0 Å². The van der Waals surface area contributed by atoms with Crippen LogP contribution in [0.1, 0.15) is 201 Å². The Balaban J connectivity index is 4.07. The van der Waals surface area contributed by atoms with Gasteiger partial charge < -0.3 is 14.2 Å².